The van der Waals surface area contributed by atoms with E-state index in [-0.39, 0.29) is 30.8 Å². The molecule has 0 spiro atoms. The van der Waals surface area contributed by atoms with Crippen molar-refractivity contribution >= 4 is 35.7 Å². The molecule has 2 fully saturated rings. The van der Waals surface area contributed by atoms with Gasteiger partial charge in [-0.05, 0) is 44.9 Å². The van der Waals surface area contributed by atoms with E-state index >= 15 is 0 Å². The van der Waals surface area contributed by atoms with Gasteiger partial charge in [-0.25, -0.2) is 4.79 Å². The standard InChI is InChI=1S/C22H30N4O5/c1-22(2,3)31-21(30)25-11-15(12-25)14-6-7-16(18(10-14)24(4)5)26(13-27)17-8-9-19(28)23-20(17)29/h6-7,10,13,15,17H,8-9,11-12H2,1-5H3,(H,23,28,29). The lowest BCUT2D eigenvalue weighted by Gasteiger charge is -2.40. The molecule has 0 bridgehead atoms. The Kier molecular flexibility index (Phi) is 6.24. The number of piperidine rings is 1. The van der Waals surface area contributed by atoms with Crippen LogP contribution in [0.5, 0.6) is 0 Å². The minimum absolute atomic E-state index is 0.167. The molecule has 1 unspecified atom stereocenters. The lowest BCUT2D eigenvalue weighted by Crippen LogP contribution is -2.52. The van der Waals surface area contributed by atoms with Crippen molar-refractivity contribution in [2.75, 3.05) is 37.0 Å². The van der Waals surface area contributed by atoms with Crippen LogP contribution in [-0.2, 0) is 19.1 Å². The Hall–Kier alpha value is -3.10. The Morgan fingerprint density at radius 1 is 1.19 bits per heavy atom. The van der Waals surface area contributed by atoms with Gasteiger partial charge in [-0.3, -0.25) is 19.7 Å². The van der Waals surface area contributed by atoms with Gasteiger partial charge in [0, 0.05) is 39.5 Å². The fourth-order valence-corrected chi connectivity index (χ4v) is 3.78. The number of imide groups is 1. The summed E-state index contributed by atoms with van der Waals surface area (Å²) in [6.07, 6.45) is 0.790. The average Bonchev–Trinajstić information content (AvgIpc) is 2.61. The fourth-order valence-electron chi connectivity index (χ4n) is 3.78. The SMILES string of the molecule is CN(C)c1cc(C2CN(C(=O)OC(C)(C)C)C2)ccc1N(C=O)C1CCC(=O)NC1=O. The highest BCUT2D eigenvalue weighted by molar-refractivity contribution is 6.04. The van der Waals surface area contributed by atoms with E-state index in [2.05, 4.69) is 5.32 Å². The number of anilines is 2. The molecule has 9 nitrogen and oxygen atoms in total. The number of nitrogens with zero attached hydrogens (tertiary/aromatic N) is 3. The van der Waals surface area contributed by atoms with Gasteiger partial charge in [0.2, 0.25) is 18.2 Å². The number of rotatable bonds is 5. The molecule has 168 valence electrons. The average molecular weight is 431 g/mol. The van der Waals surface area contributed by atoms with Crippen molar-refractivity contribution in [1.82, 2.24) is 10.2 Å². The maximum absolute atomic E-state index is 12.3. The van der Waals surface area contributed by atoms with Gasteiger partial charge in [-0.2, -0.15) is 0 Å². The largest absolute Gasteiger partial charge is 0.444 e. The molecular weight excluding hydrogens is 400 g/mol. The fraction of sp³-hybridized carbons (Fsp3) is 0.545. The van der Waals surface area contributed by atoms with Crippen LogP contribution < -0.4 is 15.1 Å². The molecule has 9 heteroatoms. The highest BCUT2D eigenvalue weighted by Crippen LogP contribution is 2.36. The van der Waals surface area contributed by atoms with Gasteiger partial charge < -0.3 is 19.4 Å². The van der Waals surface area contributed by atoms with E-state index in [0.29, 0.717) is 25.2 Å². The molecule has 1 aromatic carbocycles. The molecule has 0 aromatic heterocycles. The third-order valence-corrected chi connectivity index (χ3v) is 5.42. The molecule has 1 atom stereocenters. The van der Waals surface area contributed by atoms with Crippen molar-refractivity contribution in [3.8, 4) is 0 Å². The molecule has 0 radical (unpaired) electrons. The first-order valence-corrected chi connectivity index (χ1v) is 10.4. The van der Waals surface area contributed by atoms with Crippen LogP contribution in [0.2, 0.25) is 0 Å². The normalized spacial score (nSPS) is 19.4. The Morgan fingerprint density at radius 2 is 1.87 bits per heavy atom. The van der Waals surface area contributed by atoms with Crippen molar-refractivity contribution < 1.29 is 23.9 Å². The molecule has 1 N–H and O–H groups in total. The minimum Gasteiger partial charge on any atom is -0.444 e. The summed E-state index contributed by atoms with van der Waals surface area (Å²) in [5, 5.41) is 2.30. The second-order valence-corrected chi connectivity index (χ2v) is 9.20. The van der Waals surface area contributed by atoms with Crippen LogP contribution >= 0.6 is 0 Å². The molecule has 2 heterocycles. The zero-order valence-electron chi connectivity index (χ0n) is 18.7. The first kappa shape index (κ1) is 22.6. The lowest BCUT2D eigenvalue weighted by molar-refractivity contribution is -0.134. The zero-order chi connectivity index (χ0) is 22.9. The first-order valence-electron chi connectivity index (χ1n) is 10.4. The van der Waals surface area contributed by atoms with Crippen LogP contribution in [0, 0.1) is 0 Å². The van der Waals surface area contributed by atoms with Gasteiger partial charge in [-0.1, -0.05) is 6.07 Å². The lowest BCUT2D eigenvalue weighted by atomic mass is 9.90. The van der Waals surface area contributed by atoms with E-state index in [9.17, 15) is 19.2 Å². The number of amides is 4. The summed E-state index contributed by atoms with van der Waals surface area (Å²) in [6, 6.07) is 4.99. The van der Waals surface area contributed by atoms with Crippen molar-refractivity contribution in [1.29, 1.82) is 0 Å². The van der Waals surface area contributed by atoms with Crippen LogP contribution in [0.25, 0.3) is 0 Å². The van der Waals surface area contributed by atoms with E-state index in [1.807, 2.05) is 58.0 Å². The number of likely N-dealkylation sites (tertiary alicyclic amines) is 1. The molecule has 4 amide bonds. The summed E-state index contributed by atoms with van der Waals surface area (Å²) >= 11 is 0. The topological polar surface area (TPSA) is 99.3 Å². The Balaban J connectivity index is 1.78. The quantitative estimate of drug-likeness (QED) is 0.565. The molecule has 31 heavy (non-hydrogen) atoms. The third kappa shape index (κ3) is 4.98. The van der Waals surface area contributed by atoms with E-state index in [4.69, 9.17) is 4.74 Å². The van der Waals surface area contributed by atoms with Gasteiger partial charge in [0.15, 0.2) is 0 Å². The predicted octanol–water partition coefficient (Wildman–Crippen LogP) is 1.85. The summed E-state index contributed by atoms with van der Waals surface area (Å²) in [4.78, 5) is 52.8. The van der Waals surface area contributed by atoms with Gasteiger partial charge in [0.1, 0.15) is 11.6 Å². The summed E-state index contributed by atoms with van der Waals surface area (Å²) in [5.41, 5.74) is 1.89. The van der Waals surface area contributed by atoms with Crippen LogP contribution in [-0.4, -0.2) is 68.0 Å². The van der Waals surface area contributed by atoms with Gasteiger partial charge in [0.25, 0.3) is 0 Å². The Bertz CT molecular complexity index is 886. The summed E-state index contributed by atoms with van der Waals surface area (Å²) in [5.74, 6) is -0.625. The first-order chi connectivity index (χ1) is 14.5. The monoisotopic (exact) mass is 430 g/mol. The zero-order valence-corrected chi connectivity index (χ0v) is 18.7. The molecule has 1 aromatic rings. The Morgan fingerprint density at radius 3 is 2.42 bits per heavy atom. The minimum atomic E-state index is -0.730. The van der Waals surface area contributed by atoms with Gasteiger partial charge >= 0.3 is 6.09 Å². The van der Waals surface area contributed by atoms with E-state index in [1.54, 1.807) is 4.90 Å². The molecule has 0 aliphatic carbocycles. The summed E-state index contributed by atoms with van der Waals surface area (Å²) in [6.45, 7) is 6.64. The number of carbonyl (C=O) groups excluding carboxylic acids is 4. The van der Waals surface area contributed by atoms with Crippen molar-refractivity contribution in [2.45, 2.75) is 51.2 Å². The second kappa shape index (κ2) is 8.56. The predicted molar refractivity (Wildman–Crippen MR) is 116 cm³/mol. The number of hydrogen-bond donors (Lipinski definition) is 1. The molecule has 3 rings (SSSR count). The van der Waals surface area contributed by atoms with Crippen molar-refractivity contribution in [3.63, 3.8) is 0 Å². The van der Waals surface area contributed by atoms with Gasteiger partial charge in [-0.15, -0.1) is 0 Å². The smallest absolute Gasteiger partial charge is 0.410 e. The molecule has 2 aliphatic heterocycles. The molecule has 2 aliphatic rings. The molecule has 2 saturated heterocycles. The van der Waals surface area contributed by atoms with Crippen LogP contribution in [0.4, 0.5) is 16.2 Å². The number of hydrogen-bond acceptors (Lipinski definition) is 6. The van der Waals surface area contributed by atoms with Crippen LogP contribution in [0.15, 0.2) is 18.2 Å². The maximum Gasteiger partial charge on any atom is 0.410 e. The maximum atomic E-state index is 12.3. The number of ether oxygens (including phenoxy) is 1. The van der Waals surface area contributed by atoms with E-state index in [1.165, 1.54) is 4.90 Å². The summed E-state index contributed by atoms with van der Waals surface area (Å²) < 4.78 is 5.41. The van der Waals surface area contributed by atoms with E-state index in [0.717, 1.165) is 11.3 Å². The van der Waals surface area contributed by atoms with Crippen LogP contribution in [0.3, 0.4) is 0 Å². The van der Waals surface area contributed by atoms with Gasteiger partial charge in [0.05, 0.1) is 11.4 Å². The van der Waals surface area contributed by atoms with Crippen molar-refractivity contribution in [2.24, 2.45) is 0 Å². The summed E-state index contributed by atoms with van der Waals surface area (Å²) in [7, 11) is 3.73. The van der Waals surface area contributed by atoms with E-state index < -0.39 is 17.6 Å². The highest BCUT2D eigenvalue weighted by Gasteiger charge is 2.36. The van der Waals surface area contributed by atoms with Crippen molar-refractivity contribution in [3.05, 3.63) is 23.8 Å². The number of nitrogens with one attached hydrogen (secondary N) is 1. The number of carbonyl (C=O) groups is 4. The molecule has 0 saturated carbocycles. The number of benzene rings is 1. The highest BCUT2D eigenvalue weighted by atomic mass is 16.6. The Labute approximate surface area is 182 Å². The third-order valence-electron chi connectivity index (χ3n) is 5.42. The van der Waals surface area contributed by atoms with Crippen LogP contribution in [0.1, 0.15) is 45.1 Å². The molecular formula is C22H30N4O5. The second-order valence-electron chi connectivity index (χ2n) is 9.20.